The Morgan fingerprint density at radius 1 is 1.30 bits per heavy atom. The number of halogens is 2. The Morgan fingerprint density at radius 3 is 2.87 bits per heavy atom. The van der Waals surface area contributed by atoms with Gasteiger partial charge in [0.2, 0.25) is 0 Å². The summed E-state index contributed by atoms with van der Waals surface area (Å²) in [4.78, 5) is 12.2. The number of H-pyrrole nitrogens is 1. The topological polar surface area (TPSA) is 69.8 Å². The third kappa shape index (κ3) is 4.47. The third-order valence-corrected chi connectivity index (χ3v) is 4.11. The third-order valence-electron chi connectivity index (χ3n) is 3.86. The molecule has 0 atom stereocenters. The molecular formula is C16H20Cl2N4O. The molecule has 2 aromatic rings. The van der Waals surface area contributed by atoms with Crippen molar-refractivity contribution in [3.8, 4) is 0 Å². The Bertz CT molecular complexity index is 655. The maximum Gasteiger partial charge on any atom is 0.272 e. The highest BCUT2D eigenvalue weighted by atomic mass is 35.5. The zero-order valence-corrected chi connectivity index (χ0v) is 14.3. The number of nitrogens with zero attached hydrogens (tertiary/aromatic N) is 1. The summed E-state index contributed by atoms with van der Waals surface area (Å²) in [5.74, 6) is -0.0997. The molecule has 1 amide bonds. The quantitative estimate of drug-likeness (QED) is 0.722. The first-order chi connectivity index (χ1) is 10.7. The van der Waals surface area contributed by atoms with Gasteiger partial charge in [-0.2, -0.15) is 5.10 Å². The van der Waals surface area contributed by atoms with Crippen LogP contribution in [0, 0.1) is 0 Å². The minimum absolute atomic E-state index is 0. The fraction of sp³-hybridized carbons (Fsp3) is 0.375. The Morgan fingerprint density at radius 2 is 2.09 bits per heavy atom. The minimum atomic E-state index is -0.0997. The van der Waals surface area contributed by atoms with E-state index in [-0.39, 0.29) is 18.3 Å². The van der Waals surface area contributed by atoms with Crippen molar-refractivity contribution >= 4 is 29.9 Å². The zero-order chi connectivity index (χ0) is 15.4. The first kappa shape index (κ1) is 17.8. The smallest absolute Gasteiger partial charge is 0.272 e. The van der Waals surface area contributed by atoms with Crippen LogP contribution in [0.25, 0.3) is 0 Å². The van der Waals surface area contributed by atoms with Gasteiger partial charge in [-0.15, -0.1) is 12.4 Å². The summed E-state index contributed by atoms with van der Waals surface area (Å²) in [6.07, 6.45) is 2.70. The van der Waals surface area contributed by atoms with Crippen LogP contribution in [0.15, 0.2) is 24.3 Å². The van der Waals surface area contributed by atoms with Crippen LogP contribution in [-0.4, -0.2) is 29.2 Å². The molecule has 0 unspecified atom stereocenters. The predicted octanol–water partition coefficient (Wildman–Crippen LogP) is 2.49. The van der Waals surface area contributed by atoms with Gasteiger partial charge in [0.15, 0.2) is 5.69 Å². The number of benzene rings is 1. The molecule has 1 aromatic carbocycles. The summed E-state index contributed by atoms with van der Waals surface area (Å²) < 4.78 is 0. The normalized spacial score (nSPS) is 13.1. The number of fused-ring (bicyclic) bond motifs is 1. The molecule has 0 saturated carbocycles. The zero-order valence-electron chi connectivity index (χ0n) is 12.7. The number of carbonyl (C=O) groups excluding carboxylic acids is 1. The molecule has 3 rings (SSSR count). The fourth-order valence-electron chi connectivity index (χ4n) is 2.64. The molecule has 3 N–H and O–H groups in total. The molecule has 0 spiro atoms. The first-order valence-corrected chi connectivity index (χ1v) is 7.91. The van der Waals surface area contributed by atoms with E-state index in [0.29, 0.717) is 18.8 Å². The van der Waals surface area contributed by atoms with Crippen LogP contribution in [0.4, 0.5) is 0 Å². The Balaban J connectivity index is 0.00000192. The Hall–Kier alpha value is -1.56. The summed E-state index contributed by atoms with van der Waals surface area (Å²) in [7, 11) is 0. The SMILES string of the molecule is Cl.O=C(NCCCc1ccc(Cl)cc1)c1n[nH]c2c1CNCC2. The van der Waals surface area contributed by atoms with Crippen molar-refractivity contribution in [2.45, 2.75) is 25.8 Å². The van der Waals surface area contributed by atoms with Crippen LogP contribution in [-0.2, 0) is 19.4 Å². The van der Waals surface area contributed by atoms with E-state index < -0.39 is 0 Å². The first-order valence-electron chi connectivity index (χ1n) is 7.53. The molecule has 1 aromatic heterocycles. The van der Waals surface area contributed by atoms with Crippen LogP contribution in [0.5, 0.6) is 0 Å². The molecule has 1 aliphatic rings. The summed E-state index contributed by atoms with van der Waals surface area (Å²) in [6.45, 7) is 2.27. The lowest BCUT2D eigenvalue weighted by Gasteiger charge is -2.12. The van der Waals surface area contributed by atoms with Crippen molar-refractivity contribution in [3.63, 3.8) is 0 Å². The Labute approximate surface area is 146 Å². The van der Waals surface area contributed by atoms with E-state index in [1.54, 1.807) is 0 Å². The van der Waals surface area contributed by atoms with Gasteiger partial charge in [0.25, 0.3) is 5.91 Å². The fourth-order valence-corrected chi connectivity index (χ4v) is 2.77. The number of aromatic amines is 1. The molecule has 2 heterocycles. The van der Waals surface area contributed by atoms with Crippen LogP contribution in [0.3, 0.4) is 0 Å². The largest absolute Gasteiger partial charge is 0.351 e. The van der Waals surface area contributed by atoms with Gasteiger partial charge in [-0.25, -0.2) is 0 Å². The standard InChI is InChI=1S/C16H19ClN4O.ClH/c17-12-5-3-11(4-6-12)2-1-8-19-16(22)15-13-10-18-9-7-14(13)20-21-15;/h3-6,18H,1-2,7-10H2,(H,19,22)(H,20,21);1H. The van der Waals surface area contributed by atoms with E-state index in [1.807, 2.05) is 24.3 Å². The minimum Gasteiger partial charge on any atom is -0.351 e. The van der Waals surface area contributed by atoms with Gasteiger partial charge < -0.3 is 10.6 Å². The van der Waals surface area contributed by atoms with Gasteiger partial charge in [-0.05, 0) is 30.5 Å². The summed E-state index contributed by atoms with van der Waals surface area (Å²) in [6, 6.07) is 7.80. The molecular weight excluding hydrogens is 335 g/mol. The van der Waals surface area contributed by atoms with Crippen LogP contribution in [0.1, 0.15) is 33.7 Å². The van der Waals surface area contributed by atoms with Gasteiger partial charge in [0.1, 0.15) is 0 Å². The van der Waals surface area contributed by atoms with Crippen LogP contribution < -0.4 is 10.6 Å². The average molecular weight is 355 g/mol. The maximum atomic E-state index is 12.2. The second-order valence-corrected chi connectivity index (χ2v) is 5.88. The van der Waals surface area contributed by atoms with Crippen molar-refractivity contribution < 1.29 is 4.79 Å². The van der Waals surface area contributed by atoms with Crippen molar-refractivity contribution in [2.75, 3.05) is 13.1 Å². The molecule has 23 heavy (non-hydrogen) atoms. The van der Waals surface area contributed by atoms with Gasteiger partial charge in [-0.1, -0.05) is 23.7 Å². The monoisotopic (exact) mass is 354 g/mol. The highest BCUT2D eigenvalue weighted by Gasteiger charge is 2.20. The number of aromatic nitrogens is 2. The number of hydrogen-bond donors (Lipinski definition) is 3. The number of rotatable bonds is 5. The van der Waals surface area contributed by atoms with E-state index in [1.165, 1.54) is 5.56 Å². The lowest BCUT2D eigenvalue weighted by Crippen LogP contribution is -2.29. The second-order valence-electron chi connectivity index (χ2n) is 5.44. The molecule has 7 heteroatoms. The van der Waals surface area contributed by atoms with Gasteiger partial charge in [0.05, 0.1) is 0 Å². The van der Waals surface area contributed by atoms with Crippen molar-refractivity contribution in [1.29, 1.82) is 0 Å². The number of carbonyl (C=O) groups is 1. The number of nitrogens with one attached hydrogen (secondary N) is 3. The Kier molecular flexibility index (Phi) is 6.45. The molecule has 0 fully saturated rings. The highest BCUT2D eigenvalue weighted by molar-refractivity contribution is 6.30. The lowest BCUT2D eigenvalue weighted by atomic mass is 10.1. The van der Waals surface area contributed by atoms with Crippen molar-refractivity contribution in [3.05, 3.63) is 51.8 Å². The maximum absolute atomic E-state index is 12.2. The van der Waals surface area contributed by atoms with Crippen LogP contribution in [0.2, 0.25) is 5.02 Å². The molecule has 124 valence electrons. The number of aryl methyl sites for hydroxylation is 1. The van der Waals surface area contributed by atoms with Crippen molar-refractivity contribution in [1.82, 2.24) is 20.8 Å². The molecule has 0 radical (unpaired) electrons. The van der Waals surface area contributed by atoms with E-state index in [2.05, 4.69) is 20.8 Å². The van der Waals surface area contributed by atoms with Gasteiger partial charge in [0, 0.05) is 42.3 Å². The summed E-state index contributed by atoms with van der Waals surface area (Å²) in [5, 5.41) is 14.1. The molecule has 0 saturated heterocycles. The average Bonchev–Trinajstić information content (AvgIpc) is 2.97. The molecule has 1 aliphatic heterocycles. The second kappa shape index (κ2) is 8.34. The molecule has 0 aliphatic carbocycles. The van der Waals surface area contributed by atoms with Gasteiger partial charge >= 0.3 is 0 Å². The molecule has 5 nitrogen and oxygen atoms in total. The predicted molar refractivity (Wildman–Crippen MR) is 93.4 cm³/mol. The highest BCUT2D eigenvalue weighted by Crippen LogP contribution is 2.15. The molecule has 0 bridgehead atoms. The van der Waals surface area contributed by atoms with E-state index >= 15 is 0 Å². The van der Waals surface area contributed by atoms with E-state index in [4.69, 9.17) is 11.6 Å². The summed E-state index contributed by atoms with van der Waals surface area (Å²) >= 11 is 5.86. The van der Waals surface area contributed by atoms with E-state index in [0.717, 1.165) is 42.1 Å². The number of amides is 1. The number of hydrogen-bond acceptors (Lipinski definition) is 3. The van der Waals surface area contributed by atoms with Crippen molar-refractivity contribution in [2.24, 2.45) is 0 Å². The van der Waals surface area contributed by atoms with Gasteiger partial charge in [-0.3, -0.25) is 9.89 Å². The lowest BCUT2D eigenvalue weighted by molar-refractivity contribution is 0.0947. The van der Waals surface area contributed by atoms with E-state index in [9.17, 15) is 4.79 Å². The van der Waals surface area contributed by atoms with Crippen LogP contribution >= 0.6 is 24.0 Å². The summed E-state index contributed by atoms with van der Waals surface area (Å²) in [5.41, 5.74) is 3.82.